The molecule has 7 heteroatoms. The SMILES string of the molecule is [2H]c1c([2H])c([2H])c(-c2c([2H])c([2H])c([2H])c(-c3c([2H])c([2H])c([2H])c([2H])c3[2H])c2-[n+]2[c-]n(-c3cccc(Oc4cccc(-[n+]5c(C)n(-c6ccccc6B(c6ccccc6)c6ccccc6)c6ccccc65)n4)c3)c3ccccc32)c([2H])c1[2H]. The molecule has 0 atom stereocenters. The Hall–Kier alpha value is -9.07. The van der Waals surface area contributed by atoms with E-state index in [2.05, 4.69) is 107 Å². The Morgan fingerprint density at radius 3 is 1.84 bits per heavy atom. The van der Waals surface area contributed by atoms with E-state index in [1.54, 1.807) is 59.2 Å². The molecule has 0 bridgehead atoms. The highest BCUT2D eigenvalue weighted by Crippen LogP contribution is 2.35. The lowest BCUT2D eigenvalue weighted by Gasteiger charge is -2.18. The molecule has 0 unspecified atom stereocenters. The van der Waals surface area contributed by atoms with Crippen LogP contribution in [0.25, 0.3) is 67.2 Å². The number of rotatable bonds is 11. The quantitative estimate of drug-likeness (QED) is 0.0737. The van der Waals surface area contributed by atoms with Gasteiger partial charge in [-0.1, -0.05) is 216 Å². The van der Waals surface area contributed by atoms with Crippen molar-refractivity contribution in [2.24, 2.45) is 0 Å². The van der Waals surface area contributed by atoms with Crippen LogP contribution in [0.5, 0.6) is 11.6 Å². The summed E-state index contributed by atoms with van der Waals surface area (Å²) < 4.78 is 129. The average molecular weight is 900 g/mol. The van der Waals surface area contributed by atoms with Gasteiger partial charge in [-0.2, -0.15) is 4.57 Å². The second-order valence-corrected chi connectivity index (χ2v) is 16.2. The minimum absolute atomic E-state index is 0.0729. The van der Waals surface area contributed by atoms with E-state index in [0.29, 0.717) is 28.3 Å². The van der Waals surface area contributed by atoms with Gasteiger partial charge in [0.15, 0.2) is 0 Å². The maximum Gasteiger partial charge on any atom is 0.295 e. The molecule has 0 N–H and O–H groups in total. The Labute approximate surface area is 420 Å². The van der Waals surface area contributed by atoms with Gasteiger partial charge in [0.25, 0.3) is 18.0 Å². The Bertz CT molecular complexity index is 4380. The van der Waals surface area contributed by atoms with Crippen LogP contribution in [0.15, 0.2) is 254 Å². The predicted octanol–water partition coefficient (Wildman–Crippen LogP) is 11.3. The number of para-hydroxylation sites is 6. The second-order valence-electron chi connectivity index (χ2n) is 16.2. The smallest absolute Gasteiger partial charge is 0.295 e. The van der Waals surface area contributed by atoms with E-state index in [1.807, 2.05) is 36.4 Å². The normalized spacial score (nSPS) is 13.9. The predicted molar refractivity (Wildman–Crippen MR) is 279 cm³/mol. The molecule has 0 spiro atoms. The highest BCUT2D eigenvalue weighted by Gasteiger charge is 2.30. The fourth-order valence-corrected chi connectivity index (χ4v) is 9.21. The molecule has 0 amide bonds. The summed E-state index contributed by atoms with van der Waals surface area (Å²) in [6.45, 7) is 1.99. The molecule has 12 aromatic rings. The Kier molecular flexibility index (Phi) is 7.69. The number of aromatic nitrogens is 5. The zero-order valence-corrected chi connectivity index (χ0v) is 37.0. The van der Waals surface area contributed by atoms with Crippen LogP contribution >= 0.6 is 0 Å². The fraction of sp³-hybridized carbons (Fsp3) is 0.0161. The van der Waals surface area contributed by atoms with Gasteiger partial charge >= 0.3 is 0 Å². The number of imidazole rings is 2. The highest BCUT2D eigenvalue weighted by atomic mass is 16.5. The van der Waals surface area contributed by atoms with Crippen LogP contribution in [0.4, 0.5) is 0 Å². The van der Waals surface area contributed by atoms with E-state index in [4.69, 9.17) is 24.8 Å². The number of hydrogen-bond acceptors (Lipinski definition) is 2. The van der Waals surface area contributed by atoms with Crippen molar-refractivity contribution in [3.05, 3.63) is 267 Å². The lowest BCUT2D eigenvalue weighted by Crippen LogP contribution is -2.53. The third-order valence-corrected chi connectivity index (χ3v) is 12.1. The van der Waals surface area contributed by atoms with Crippen molar-refractivity contribution in [2.75, 3.05) is 0 Å². The van der Waals surface area contributed by atoms with Crippen molar-refractivity contribution < 1.29 is 31.7 Å². The molecule has 12 rings (SSSR count). The summed E-state index contributed by atoms with van der Waals surface area (Å²) in [7, 11) is 0. The highest BCUT2D eigenvalue weighted by molar-refractivity contribution is 6.96. The van der Waals surface area contributed by atoms with Crippen LogP contribution in [-0.2, 0) is 0 Å². The number of nitrogens with zero attached hydrogens (tertiary/aromatic N) is 5. The minimum Gasteiger partial charge on any atom is -0.427 e. The number of ether oxygens (including phenoxy) is 1. The summed E-state index contributed by atoms with van der Waals surface area (Å²) in [6, 6.07) is 47.6. The third-order valence-electron chi connectivity index (χ3n) is 12.1. The maximum absolute atomic E-state index is 9.40. The van der Waals surface area contributed by atoms with Crippen molar-refractivity contribution in [1.82, 2.24) is 14.1 Å². The fourth-order valence-electron chi connectivity index (χ4n) is 9.21. The molecule has 69 heavy (non-hydrogen) atoms. The van der Waals surface area contributed by atoms with Crippen LogP contribution in [0.2, 0.25) is 0 Å². The average Bonchev–Trinajstić information content (AvgIpc) is 4.17. The largest absolute Gasteiger partial charge is 0.427 e. The van der Waals surface area contributed by atoms with Crippen LogP contribution < -0.4 is 30.3 Å². The molecule has 0 aliphatic carbocycles. The number of hydrogen-bond donors (Lipinski definition) is 0. The molecular weight excluding hydrogens is 842 g/mol. The van der Waals surface area contributed by atoms with E-state index < -0.39 is 101 Å². The number of fused-ring (bicyclic) bond motifs is 2. The summed E-state index contributed by atoms with van der Waals surface area (Å²) in [5.74, 6) is 2.13. The molecule has 0 radical (unpaired) electrons. The molecule has 326 valence electrons. The van der Waals surface area contributed by atoms with Crippen molar-refractivity contribution >= 4 is 45.2 Å². The van der Waals surface area contributed by atoms with E-state index >= 15 is 0 Å². The van der Waals surface area contributed by atoms with Crippen LogP contribution in [-0.4, -0.2) is 20.8 Å². The van der Waals surface area contributed by atoms with Gasteiger partial charge in [-0.3, -0.25) is 9.13 Å². The third kappa shape index (κ3) is 7.66. The topological polar surface area (TPSA) is 39.7 Å². The standard InChI is InChI=1S/C62H45BN5O/c1-45-67(55-36-15-14-35-54(55)63(48-27-10-4-11-28-48)49-29-12-5-13-30-49)58-39-18-19-40-59(58)68(45)60-41-22-42-61(64-60)69-51-32-20-31-50(43-51)65-44-66(57-38-17-16-37-56(57)65)62-52(46-23-6-2-7-24-46)33-21-34-53(62)47-25-8-3-9-26-47/h2-43H,1H3/q+1/i2D,3D,6D,7D,8D,9D,21D,23D,24D,25D,26D,33D,34D. The molecule has 9 aromatic carbocycles. The van der Waals surface area contributed by atoms with Gasteiger partial charge < -0.3 is 4.74 Å². The summed E-state index contributed by atoms with van der Waals surface area (Å²) in [5.41, 5.74) is 5.48. The summed E-state index contributed by atoms with van der Waals surface area (Å²) in [6.07, 6.45) is 3.29. The van der Waals surface area contributed by atoms with Crippen molar-refractivity contribution in [1.29, 1.82) is 0 Å². The Morgan fingerprint density at radius 1 is 0.551 bits per heavy atom. The van der Waals surface area contributed by atoms with Crippen LogP contribution in [0.1, 0.15) is 23.6 Å². The first kappa shape index (κ1) is 29.5. The van der Waals surface area contributed by atoms with Crippen molar-refractivity contribution in [3.63, 3.8) is 0 Å². The van der Waals surface area contributed by atoms with Gasteiger partial charge in [-0.25, -0.2) is 4.57 Å². The van der Waals surface area contributed by atoms with Gasteiger partial charge in [0.2, 0.25) is 12.5 Å². The van der Waals surface area contributed by atoms with Gasteiger partial charge in [0.1, 0.15) is 16.8 Å². The van der Waals surface area contributed by atoms with Gasteiger partial charge in [0, 0.05) is 19.1 Å². The van der Waals surface area contributed by atoms with E-state index in [-0.39, 0.29) is 18.3 Å². The summed E-state index contributed by atoms with van der Waals surface area (Å²) in [5, 5.41) is 0. The lowest BCUT2D eigenvalue weighted by molar-refractivity contribution is -0.579. The van der Waals surface area contributed by atoms with Gasteiger partial charge in [-0.05, 0) is 70.2 Å². The Morgan fingerprint density at radius 2 is 1.14 bits per heavy atom. The maximum atomic E-state index is 9.40. The number of pyridine rings is 1. The van der Waals surface area contributed by atoms with Crippen LogP contribution in [0.3, 0.4) is 0 Å². The Balaban J connectivity index is 0.992. The molecule has 3 heterocycles. The molecular formula is C62H45BN5O+. The summed E-state index contributed by atoms with van der Waals surface area (Å²) in [4.78, 5) is 5.09. The molecule has 0 fully saturated rings. The van der Waals surface area contributed by atoms with E-state index in [9.17, 15) is 2.74 Å². The zero-order chi connectivity index (χ0) is 57.4. The van der Waals surface area contributed by atoms with E-state index in [1.165, 1.54) is 4.57 Å². The molecule has 0 saturated heterocycles. The molecule has 0 saturated carbocycles. The summed E-state index contributed by atoms with van der Waals surface area (Å²) >= 11 is 0. The first-order valence-corrected chi connectivity index (χ1v) is 22.3. The minimum atomic E-state index is -0.778. The zero-order valence-electron chi connectivity index (χ0n) is 50.0. The molecule has 3 aromatic heterocycles. The van der Waals surface area contributed by atoms with Crippen LogP contribution in [0, 0.1) is 13.3 Å². The van der Waals surface area contributed by atoms with Gasteiger partial charge in [0.05, 0.1) is 45.9 Å². The molecule has 6 nitrogen and oxygen atoms in total. The monoisotopic (exact) mass is 899 g/mol. The van der Waals surface area contributed by atoms with Crippen molar-refractivity contribution in [2.45, 2.75) is 6.92 Å². The second kappa shape index (κ2) is 18.0. The molecule has 0 aliphatic heterocycles. The first-order valence-electron chi connectivity index (χ1n) is 28.8. The number of benzene rings is 9. The molecule has 0 aliphatic rings. The van der Waals surface area contributed by atoms with Gasteiger partial charge in [-0.15, -0.1) is 0 Å². The lowest BCUT2D eigenvalue weighted by atomic mass is 9.36. The van der Waals surface area contributed by atoms with E-state index in [0.717, 1.165) is 38.9 Å². The first-order chi connectivity index (χ1) is 39.6. The van der Waals surface area contributed by atoms with Crippen molar-refractivity contribution in [3.8, 4) is 56.8 Å².